The Morgan fingerprint density at radius 3 is 2.27 bits per heavy atom. The van der Waals surface area contributed by atoms with E-state index < -0.39 is 5.92 Å². The maximum atomic E-state index is 12.3. The van der Waals surface area contributed by atoms with Crippen LogP contribution in [-0.2, 0) is 9.59 Å². The Bertz CT molecular complexity index is 845. The van der Waals surface area contributed by atoms with E-state index in [-0.39, 0.29) is 24.5 Å². The molecule has 0 fully saturated rings. The van der Waals surface area contributed by atoms with Crippen molar-refractivity contribution >= 4 is 52.2 Å². The second-order valence-corrected chi connectivity index (χ2v) is 6.89. The lowest BCUT2D eigenvalue weighted by atomic mass is 9.93. The quantitative estimate of drug-likeness (QED) is 0.644. The van der Waals surface area contributed by atoms with Crippen LogP contribution in [0.5, 0.6) is 0 Å². The Labute approximate surface area is 166 Å². The van der Waals surface area contributed by atoms with E-state index >= 15 is 0 Å². The number of hydrogen-bond donors (Lipinski definition) is 1. The normalized spacial score (nSPS) is 11.5. The first-order chi connectivity index (χ1) is 12.4. The summed E-state index contributed by atoms with van der Waals surface area (Å²) in [6.45, 7) is 0. The van der Waals surface area contributed by atoms with Crippen molar-refractivity contribution in [3.63, 3.8) is 0 Å². The van der Waals surface area contributed by atoms with Crippen LogP contribution in [0.15, 0.2) is 42.5 Å². The highest BCUT2D eigenvalue weighted by Crippen LogP contribution is 2.26. The number of carbonyl (C=O) groups is 2. The highest BCUT2D eigenvalue weighted by molar-refractivity contribution is 6.36. The van der Waals surface area contributed by atoms with Crippen LogP contribution in [0.4, 0.5) is 5.69 Å². The first kappa shape index (κ1) is 20.3. The van der Waals surface area contributed by atoms with Gasteiger partial charge >= 0.3 is 0 Å². The molecule has 1 atom stereocenters. The smallest absolute Gasteiger partial charge is 0.224 e. The number of nitriles is 1. The molecule has 0 aromatic heterocycles. The number of nitrogens with zero attached hydrogens (tertiary/aromatic N) is 1. The van der Waals surface area contributed by atoms with Crippen molar-refractivity contribution < 1.29 is 9.59 Å². The predicted molar refractivity (Wildman–Crippen MR) is 104 cm³/mol. The number of benzene rings is 2. The largest absolute Gasteiger partial charge is 0.325 e. The summed E-state index contributed by atoms with van der Waals surface area (Å²) in [5.41, 5.74) is 1.06. The minimum atomic E-state index is -0.860. The lowest BCUT2D eigenvalue weighted by Crippen LogP contribution is -2.14. The fraction of sp³-hybridized carbons (Fsp3) is 0.211. The van der Waals surface area contributed by atoms with E-state index in [1.807, 2.05) is 6.07 Å². The summed E-state index contributed by atoms with van der Waals surface area (Å²) in [5, 5.41) is 13.3. The third-order valence-electron chi connectivity index (χ3n) is 3.69. The molecule has 0 aliphatic carbocycles. The molecule has 0 radical (unpaired) electrons. The molecule has 2 aromatic carbocycles. The molecule has 134 valence electrons. The number of carbonyl (C=O) groups excluding carboxylic acids is 2. The number of nitrogens with one attached hydrogen (secondary N) is 1. The van der Waals surface area contributed by atoms with Crippen LogP contribution in [0.3, 0.4) is 0 Å². The number of ketones is 1. The van der Waals surface area contributed by atoms with Gasteiger partial charge in [-0.25, -0.2) is 0 Å². The number of amides is 1. The number of halogens is 3. The van der Waals surface area contributed by atoms with Gasteiger partial charge < -0.3 is 5.32 Å². The summed E-state index contributed by atoms with van der Waals surface area (Å²) in [5.74, 6) is -1.35. The average molecular weight is 410 g/mol. The Balaban J connectivity index is 1.85. The highest BCUT2D eigenvalue weighted by Gasteiger charge is 2.20. The van der Waals surface area contributed by atoms with E-state index in [0.29, 0.717) is 32.7 Å². The van der Waals surface area contributed by atoms with E-state index in [1.54, 1.807) is 36.4 Å². The topological polar surface area (TPSA) is 70.0 Å². The molecule has 1 amide bonds. The van der Waals surface area contributed by atoms with Crippen LogP contribution in [0, 0.1) is 11.3 Å². The van der Waals surface area contributed by atoms with Gasteiger partial charge in [-0.05, 0) is 42.3 Å². The molecule has 0 saturated carbocycles. The maximum absolute atomic E-state index is 12.3. The fourth-order valence-corrected chi connectivity index (χ4v) is 2.94. The molecule has 1 N–H and O–H groups in total. The Morgan fingerprint density at radius 2 is 1.65 bits per heavy atom. The Kier molecular flexibility index (Phi) is 7.47. The molecule has 0 heterocycles. The standard InChI is InChI=1S/C19H15Cl3N2O2/c20-13-6-4-12(5-7-13)15(11-23)18(25)2-1-3-19(26)24-17-9-8-14(21)10-16(17)22/h4-10,15H,1-3H2,(H,24,26)/t15-/m1/s1. The van der Waals surface area contributed by atoms with Crippen molar-refractivity contribution in [1.29, 1.82) is 5.26 Å². The zero-order chi connectivity index (χ0) is 19.1. The van der Waals surface area contributed by atoms with Gasteiger partial charge in [-0.3, -0.25) is 9.59 Å². The zero-order valence-corrected chi connectivity index (χ0v) is 15.9. The summed E-state index contributed by atoms with van der Waals surface area (Å²) in [4.78, 5) is 24.3. The van der Waals surface area contributed by atoms with E-state index in [0.717, 1.165) is 0 Å². The Hall–Kier alpha value is -2.06. The van der Waals surface area contributed by atoms with Gasteiger partial charge in [-0.15, -0.1) is 0 Å². The van der Waals surface area contributed by atoms with E-state index in [9.17, 15) is 14.9 Å². The third-order valence-corrected chi connectivity index (χ3v) is 4.49. The number of hydrogen-bond acceptors (Lipinski definition) is 3. The van der Waals surface area contributed by atoms with E-state index in [2.05, 4.69) is 5.32 Å². The zero-order valence-electron chi connectivity index (χ0n) is 13.6. The van der Waals surface area contributed by atoms with Gasteiger partial charge in [-0.1, -0.05) is 46.9 Å². The van der Waals surface area contributed by atoms with Gasteiger partial charge in [-0.2, -0.15) is 5.26 Å². The minimum absolute atomic E-state index is 0.128. The van der Waals surface area contributed by atoms with Crippen molar-refractivity contribution in [1.82, 2.24) is 0 Å². The fourth-order valence-electron chi connectivity index (χ4n) is 2.36. The van der Waals surface area contributed by atoms with E-state index in [1.165, 1.54) is 6.07 Å². The summed E-state index contributed by atoms with van der Waals surface area (Å²) < 4.78 is 0. The van der Waals surface area contributed by atoms with Gasteiger partial charge in [0.15, 0.2) is 5.78 Å². The van der Waals surface area contributed by atoms with Crippen LogP contribution in [0.1, 0.15) is 30.7 Å². The summed E-state index contributed by atoms with van der Waals surface area (Å²) in [7, 11) is 0. The molecule has 0 aliphatic rings. The molecule has 26 heavy (non-hydrogen) atoms. The SMILES string of the molecule is N#C[C@@H](C(=O)CCCC(=O)Nc1ccc(Cl)cc1Cl)c1ccc(Cl)cc1. The molecule has 4 nitrogen and oxygen atoms in total. The number of anilines is 1. The monoisotopic (exact) mass is 408 g/mol. The van der Waals surface area contributed by atoms with Gasteiger partial charge in [0.05, 0.1) is 16.8 Å². The average Bonchev–Trinajstić information content (AvgIpc) is 2.60. The van der Waals surface area contributed by atoms with Crippen molar-refractivity contribution in [3.8, 4) is 6.07 Å². The highest BCUT2D eigenvalue weighted by atomic mass is 35.5. The molecule has 7 heteroatoms. The van der Waals surface area contributed by atoms with Gasteiger partial charge in [0.2, 0.25) is 5.91 Å². The first-order valence-corrected chi connectivity index (χ1v) is 8.97. The lowest BCUT2D eigenvalue weighted by molar-refractivity contribution is -0.119. The first-order valence-electron chi connectivity index (χ1n) is 7.83. The van der Waals surface area contributed by atoms with E-state index in [4.69, 9.17) is 34.8 Å². The molecule has 0 aliphatic heterocycles. The molecule has 2 aromatic rings. The van der Waals surface area contributed by atoms with Crippen molar-refractivity contribution in [2.75, 3.05) is 5.32 Å². The molecule has 0 unspecified atom stereocenters. The van der Waals surface area contributed by atoms with Crippen LogP contribution in [0.25, 0.3) is 0 Å². The van der Waals surface area contributed by atoms with Gasteiger partial charge in [0, 0.05) is 22.9 Å². The van der Waals surface area contributed by atoms with Crippen LogP contribution in [-0.4, -0.2) is 11.7 Å². The third kappa shape index (κ3) is 5.74. The molecular formula is C19H15Cl3N2O2. The van der Waals surface area contributed by atoms with Crippen molar-refractivity contribution in [3.05, 3.63) is 63.1 Å². The second kappa shape index (κ2) is 9.59. The summed E-state index contributed by atoms with van der Waals surface area (Å²) >= 11 is 17.6. The van der Waals surface area contributed by atoms with Gasteiger partial charge in [0.25, 0.3) is 0 Å². The Morgan fingerprint density at radius 1 is 1.00 bits per heavy atom. The number of rotatable bonds is 7. The molecule has 2 rings (SSSR count). The number of Topliss-reactive ketones (excluding diaryl/α,β-unsaturated/α-hetero) is 1. The van der Waals surface area contributed by atoms with Gasteiger partial charge in [0.1, 0.15) is 5.92 Å². The van der Waals surface area contributed by atoms with Crippen LogP contribution >= 0.6 is 34.8 Å². The maximum Gasteiger partial charge on any atom is 0.224 e. The summed E-state index contributed by atoms with van der Waals surface area (Å²) in [6, 6.07) is 13.4. The molecule has 0 saturated heterocycles. The van der Waals surface area contributed by atoms with Crippen molar-refractivity contribution in [2.45, 2.75) is 25.2 Å². The van der Waals surface area contributed by atoms with Crippen LogP contribution < -0.4 is 5.32 Å². The minimum Gasteiger partial charge on any atom is -0.325 e. The second-order valence-electron chi connectivity index (χ2n) is 5.61. The molecule has 0 spiro atoms. The molecule has 0 bridgehead atoms. The summed E-state index contributed by atoms with van der Waals surface area (Å²) in [6.07, 6.45) is 0.605. The van der Waals surface area contributed by atoms with Crippen LogP contribution in [0.2, 0.25) is 15.1 Å². The van der Waals surface area contributed by atoms with Crippen molar-refractivity contribution in [2.24, 2.45) is 0 Å². The predicted octanol–water partition coefficient (Wildman–Crippen LogP) is 5.63. The molecular weight excluding hydrogens is 395 g/mol. The lowest BCUT2D eigenvalue weighted by Gasteiger charge is -2.09.